The summed E-state index contributed by atoms with van der Waals surface area (Å²) in [7, 11) is 1.52. The number of methoxy groups -OCH3 is 1. The summed E-state index contributed by atoms with van der Waals surface area (Å²) in [6.45, 7) is 2.58. The van der Waals surface area contributed by atoms with Crippen LogP contribution >= 0.6 is 0 Å². The largest absolute Gasteiger partial charge is 0.496 e. The van der Waals surface area contributed by atoms with Crippen LogP contribution in [-0.2, 0) is 22.7 Å². The van der Waals surface area contributed by atoms with Crippen LogP contribution in [0.3, 0.4) is 0 Å². The minimum absolute atomic E-state index is 0.00978. The number of likely N-dealkylation sites (tertiary alicyclic amines) is 1. The molecule has 3 rings (SSSR count). The number of aromatic amines is 1. The summed E-state index contributed by atoms with van der Waals surface area (Å²) < 4.78 is 6.72. The van der Waals surface area contributed by atoms with Gasteiger partial charge in [0, 0.05) is 25.1 Å². The molecule has 2 heterocycles. The third-order valence-electron chi connectivity index (χ3n) is 6.29. The number of nitrogen functional groups attached to an aromatic ring is 1. The van der Waals surface area contributed by atoms with Crippen LogP contribution in [0.25, 0.3) is 0 Å². The summed E-state index contributed by atoms with van der Waals surface area (Å²) in [5.74, 6) is -0.0656. The lowest BCUT2D eigenvalue weighted by atomic mass is 10.1. The molecule has 1 aliphatic heterocycles. The van der Waals surface area contributed by atoms with Crippen LogP contribution in [0.4, 0.5) is 11.5 Å². The van der Waals surface area contributed by atoms with Crippen molar-refractivity contribution in [1.29, 1.82) is 0 Å². The van der Waals surface area contributed by atoms with Crippen LogP contribution in [0.5, 0.6) is 5.75 Å². The molecule has 2 aromatic rings. The monoisotopic (exact) mass is 485 g/mol. The molecule has 10 heteroatoms. The molecule has 35 heavy (non-hydrogen) atoms. The van der Waals surface area contributed by atoms with E-state index in [2.05, 4.69) is 4.98 Å². The second kappa shape index (κ2) is 12.2. The molecule has 1 aromatic carbocycles. The van der Waals surface area contributed by atoms with Gasteiger partial charge >= 0.3 is 5.69 Å². The highest BCUT2D eigenvalue weighted by Crippen LogP contribution is 2.25. The number of aromatic nitrogens is 2. The average Bonchev–Trinajstić information content (AvgIpc) is 2.83. The zero-order chi connectivity index (χ0) is 25.4. The molecular formula is C25H35N5O5. The zero-order valence-corrected chi connectivity index (χ0v) is 20.5. The van der Waals surface area contributed by atoms with Gasteiger partial charge in [-0.25, -0.2) is 4.79 Å². The minimum atomic E-state index is -0.748. The lowest BCUT2D eigenvalue weighted by molar-refractivity contribution is -0.135. The van der Waals surface area contributed by atoms with Crippen molar-refractivity contribution in [2.75, 3.05) is 30.8 Å². The van der Waals surface area contributed by atoms with Crippen LogP contribution in [0, 0.1) is 0 Å². The first kappa shape index (κ1) is 26.1. The number of hydrogen-bond acceptors (Lipinski definition) is 6. The predicted octanol–water partition coefficient (Wildman–Crippen LogP) is 2.25. The fourth-order valence-corrected chi connectivity index (χ4v) is 4.30. The summed E-state index contributed by atoms with van der Waals surface area (Å²) in [5.41, 5.74) is 5.53. The number of benzene rings is 1. The van der Waals surface area contributed by atoms with E-state index in [1.807, 2.05) is 6.92 Å². The van der Waals surface area contributed by atoms with Crippen molar-refractivity contribution < 1.29 is 14.3 Å². The van der Waals surface area contributed by atoms with Gasteiger partial charge in [-0.2, -0.15) is 0 Å². The molecule has 1 fully saturated rings. The third-order valence-corrected chi connectivity index (χ3v) is 6.29. The van der Waals surface area contributed by atoms with Gasteiger partial charge in [0.25, 0.3) is 5.56 Å². The van der Waals surface area contributed by atoms with Gasteiger partial charge in [0.1, 0.15) is 18.1 Å². The van der Waals surface area contributed by atoms with Gasteiger partial charge in [0.05, 0.1) is 13.7 Å². The fourth-order valence-electron chi connectivity index (χ4n) is 4.30. The molecule has 10 nitrogen and oxygen atoms in total. The molecular weight excluding hydrogens is 450 g/mol. The van der Waals surface area contributed by atoms with E-state index in [1.54, 1.807) is 29.2 Å². The number of H-pyrrole nitrogens is 1. The Kier molecular flexibility index (Phi) is 9.11. The highest BCUT2D eigenvalue weighted by molar-refractivity contribution is 5.98. The van der Waals surface area contributed by atoms with Crippen molar-refractivity contribution in [3.05, 3.63) is 50.7 Å². The van der Waals surface area contributed by atoms with Crippen molar-refractivity contribution in [2.24, 2.45) is 0 Å². The Morgan fingerprint density at radius 2 is 1.89 bits per heavy atom. The van der Waals surface area contributed by atoms with E-state index in [0.717, 1.165) is 32.1 Å². The molecule has 3 N–H and O–H groups in total. The van der Waals surface area contributed by atoms with Crippen molar-refractivity contribution in [3.8, 4) is 5.75 Å². The number of ether oxygens (including phenoxy) is 1. The number of nitrogens with two attached hydrogens (primary N) is 1. The van der Waals surface area contributed by atoms with Crippen LogP contribution < -0.4 is 26.6 Å². The Labute approximate surface area is 204 Å². The summed E-state index contributed by atoms with van der Waals surface area (Å²) in [5, 5.41) is 0. The maximum absolute atomic E-state index is 13.7. The molecule has 0 unspecified atom stereocenters. The van der Waals surface area contributed by atoms with Gasteiger partial charge in [0.15, 0.2) is 5.69 Å². The predicted molar refractivity (Wildman–Crippen MR) is 134 cm³/mol. The van der Waals surface area contributed by atoms with E-state index in [9.17, 15) is 19.2 Å². The average molecular weight is 486 g/mol. The van der Waals surface area contributed by atoms with Gasteiger partial charge in [0.2, 0.25) is 11.8 Å². The molecule has 1 saturated heterocycles. The van der Waals surface area contributed by atoms with Gasteiger partial charge in [-0.05, 0) is 25.3 Å². The van der Waals surface area contributed by atoms with E-state index in [1.165, 1.54) is 16.6 Å². The molecule has 1 aromatic heterocycles. The Bertz CT molecular complexity index is 1160. The summed E-state index contributed by atoms with van der Waals surface area (Å²) in [4.78, 5) is 56.9. The zero-order valence-electron chi connectivity index (χ0n) is 20.5. The van der Waals surface area contributed by atoms with E-state index in [0.29, 0.717) is 37.2 Å². The third kappa shape index (κ3) is 6.32. The van der Waals surface area contributed by atoms with Crippen molar-refractivity contribution in [2.45, 2.75) is 65.0 Å². The number of unbranched alkanes of at least 4 members (excludes halogenated alkanes) is 1. The molecule has 0 aliphatic carbocycles. The van der Waals surface area contributed by atoms with Gasteiger partial charge < -0.3 is 15.4 Å². The SMILES string of the molecule is CCCCn1c(N)c(N(Cc2ccccc2OC)C(=O)CN2CCCCCCC2=O)c(=O)[nH]c1=O. The number of rotatable bonds is 9. The molecule has 0 saturated carbocycles. The van der Waals surface area contributed by atoms with Crippen molar-refractivity contribution >= 4 is 23.3 Å². The normalized spacial score (nSPS) is 14.3. The molecule has 0 bridgehead atoms. The maximum Gasteiger partial charge on any atom is 0.330 e. The Hall–Kier alpha value is -3.56. The lowest BCUT2D eigenvalue weighted by Crippen LogP contribution is -2.46. The lowest BCUT2D eigenvalue weighted by Gasteiger charge is -2.29. The number of amides is 2. The highest BCUT2D eigenvalue weighted by Gasteiger charge is 2.28. The topological polar surface area (TPSA) is 131 Å². The van der Waals surface area contributed by atoms with Crippen LogP contribution in [-0.4, -0.2) is 46.5 Å². The van der Waals surface area contributed by atoms with Crippen LogP contribution in [0.1, 0.15) is 57.4 Å². The minimum Gasteiger partial charge on any atom is -0.496 e. The number of carbonyl (C=O) groups excluding carboxylic acids is 2. The molecule has 0 atom stereocenters. The first-order valence-corrected chi connectivity index (χ1v) is 12.2. The molecule has 2 amide bonds. The summed E-state index contributed by atoms with van der Waals surface area (Å²) in [6, 6.07) is 7.16. The number of hydrogen-bond donors (Lipinski definition) is 2. The first-order chi connectivity index (χ1) is 16.9. The quantitative estimate of drug-likeness (QED) is 0.560. The molecule has 0 spiro atoms. The standard InChI is InChI=1S/C25H35N5O5/c1-3-4-15-29-23(26)22(24(33)27-25(29)34)30(16-18-11-8-9-12-19(18)35-2)21(32)17-28-14-10-6-5-7-13-20(28)31/h8-9,11-12H,3-7,10,13-17,26H2,1-2H3,(H,27,33,34). The molecule has 1 aliphatic rings. The van der Waals surface area contributed by atoms with E-state index < -0.39 is 17.2 Å². The second-order valence-electron chi connectivity index (χ2n) is 8.77. The highest BCUT2D eigenvalue weighted by atomic mass is 16.5. The molecule has 190 valence electrons. The van der Waals surface area contributed by atoms with Crippen LogP contribution in [0.15, 0.2) is 33.9 Å². The number of para-hydroxylation sites is 1. The Balaban J connectivity index is 2.05. The number of nitrogens with one attached hydrogen (secondary N) is 1. The Morgan fingerprint density at radius 3 is 2.63 bits per heavy atom. The molecule has 0 radical (unpaired) electrons. The van der Waals surface area contributed by atoms with Crippen molar-refractivity contribution in [1.82, 2.24) is 14.5 Å². The van der Waals surface area contributed by atoms with Gasteiger partial charge in [-0.15, -0.1) is 0 Å². The van der Waals surface area contributed by atoms with E-state index in [-0.39, 0.29) is 30.5 Å². The summed E-state index contributed by atoms with van der Waals surface area (Å²) in [6.07, 6.45) is 5.50. The van der Waals surface area contributed by atoms with Gasteiger partial charge in [-0.3, -0.25) is 28.8 Å². The fraction of sp³-hybridized carbons (Fsp3) is 0.520. The Morgan fingerprint density at radius 1 is 1.14 bits per heavy atom. The number of nitrogens with zero attached hydrogens (tertiary/aromatic N) is 3. The number of carbonyl (C=O) groups is 2. The van der Waals surface area contributed by atoms with E-state index in [4.69, 9.17) is 10.5 Å². The van der Waals surface area contributed by atoms with Crippen LogP contribution in [0.2, 0.25) is 0 Å². The maximum atomic E-state index is 13.7. The second-order valence-corrected chi connectivity index (χ2v) is 8.77. The van der Waals surface area contributed by atoms with E-state index >= 15 is 0 Å². The van der Waals surface area contributed by atoms with Gasteiger partial charge in [-0.1, -0.05) is 44.4 Å². The van der Waals surface area contributed by atoms with Crippen molar-refractivity contribution in [3.63, 3.8) is 0 Å². The smallest absolute Gasteiger partial charge is 0.330 e. The number of anilines is 2. The first-order valence-electron chi connectivity index (χ1n) is 12.2. The summed E-state index contributed by atoms with van der Waals surface area (Å²) >= 11 is 0.